The van der Waals surface area contributed by atoms with Crippen molar-refractivity contribution in [1.29, 1.82) is 0 Å². The van der Waals surface area contributed by atoms with Gasteiger partial charge in [-0.1, -0.05) is 20.3 Å². The summed E-state index contributed by atoms with van der Waals surface area (Å²) in [5.41, 5.74) is 0.262. The SMILES string of the molecule is CC(S)C(=O)NC1CCCC1(C)C. The Hall–Kier alpha value is -0.180. The second-order valence-electron chi connectivity index (χ2n) is 4.62. The van der Waals surface area contributed by atoms with Crippen molar-refractivity contribution in [3.05, 3.63) is 0 Å². The molecule has 76 valence electrons. The van der Waals surface area contributed by atoms with Gasteiger partial charge in [0.1, 0.15) is 0 Å². The molecule has 2 unspecified atom stereocenters. The molecular formula is C10H19NOS. The van der Waals surface area contributed by atoms with E-state index in [0.29, 0.717) is 6.04 Å². The first-order valence-corrected chi connectivity index (χ1v) is 5.43. The lowest BCUT2D eigenvalue weighted by Crippen LogP contribution is -2.44. The average Bonchev–Trinajstić information content (AvgIpc) is 2.30. The highest BCUT2D eigenvalue weighted by Crippen LogP contribution is 2.37. The minimum absolute atomic E-state index is 0.0586. The minimum Gasteiger partial charge on any atom is -0.352 e. The minimum atomic E-state index is -0.198. The zero-order valence-corrected chi connectivity index (χ0v) is 9.53. The molecule has 2 atom stereocenters. The zero-order valence-electron chi connectivity index (χ0n) is 8.63. The highest BCUT2D eigenvalue weighted by atomic mass is 32.1. The smallest absolute Gasteiger partial charge is 0.232 e. The van der Waals surface area contributed by atoms with E-state index in [1.807, 2.05) is 0 Å². The van der Waals surface area contributed by atoms with Crippen molar-refractivity contribution in [1.82, 2.24) is 5.32 Å². The van der Waals surface area contributed by atoms with Crippen molar-refractivity contribution in [3.8, 4) is 0 Å². The zero-order chi connectivity index (χ0) is 10.1. The summed E-state index contributed by atoms with van der Waals surface area (Å²) in [6.07, 6.45) is 3.54. The number of rotatable bonds is 2. The Balaban J connectivity index is 2.50. The third-order valence-electron chi connectivity index (χ3n) is 2.95. The van der Waals surface area contributed by atoms with E-state index in [2.05, 4.69) is 31.8 Å². The van der Waals surface area contributed by atoms with Crippen LogP contribution in [-0.4, -0.2) is 17.2 Å². The number of nitrogens with one attached hydrogen (secondary N) is 1. The molecule has 0 bridgehead atoms. The Bertz CT molecular complexity index is 201. The van der Waals surface area contributed by atoms with Gasteiger partial charge in [-0.25, -0.2) is 0 Å². The van der Waals surface area contributed by atoms with Crippen LogP contribution in [0.5, 0.6) is 0 Å². The van der Waals surface area contributed by atoms with Crippen molar-refractivity contribution in [3.63, 3.8) is 0 Å². The van der Waals surface area contributed by atoms with E-state index in [4.69, 9.17) is 0 Å². The van der Waals surface area contributed by atoms with E-state index in [0.717, 1.165) is 6.42 Å². The molecule has 0 saturated heterocycles. The van der Waals surface area contributed by atoms with Gasteiger partial charge in [-0.05, 0) is 25.2 Å². The van der Waals surface area contributed by atoms with Crippen LogP contribution in [0.4, 0.5) is 0 Å². The maximum Gasteiger partial charge on any atom is 0.232 e. The van der Waals surface area contributed by atoms with Crippen molar-refractivity contribution < 1.29 is 4.79 Å². The van der Waals surface area contributed by atoms with Crippen LogP contribution in [0, 0.1) is 5.41 Å². The van der Waals surface area contributed by atoms with Crippen LogP contribution in [0.15, 0.2) is 0 Å². The molecule has 0 radical (unpaired) electrons. The Morgan fingerprint density at radius 1 is 1.62 bits per heavy atom. The second kappa shape index (κ2) is 3.91. The molecule has 0 aromatic rings. The molecule has 1 N–H and O–H groups in total. The largest absolute Gasteiger partial charge is 0.352 e. The summed E-state index contributed by atoms with van der Waals surface area (Å²) in [7, 11) is 0. The molecule has 3 heteroatoms. The fourth-order valence-electron chi connectivity index (χ4n) is 1.89. The van der Waals surface area contributed by atoms with Gasteiger partial charge in [-0.15, -0.1) is 0 Å². The standard InChI is InChI=1S/C10H19NOS/c1-7(13)9(12)11-8-5-4-6-10(8,2)3/h7-8,13H,4-6H2,1-3H3,(H,11,12). The number of carbonyl (C=O) groups excluding carboxylic acids is 1. The average molecular weight is 201 g/mol. The monoisotopic (exact) mass is 201 g/mol. The summed E-state index contributed by atoms with van der Waals surface area (Å²) >= 11 is 4.11. The lowest BCUT2D eigenvalue weighted by atomic mass is 9.87. The molecule has 13 heavy (non-hydrogen) atoms. The first-order chi connectivity index (χ1) is 5.93. The van der Waals surface area contributed by atoms with Crippen LogP contribution in [0.25, 0.3) is 0 Å². The van der Waals surface area contributed by atoms with Crippen molar-refractivity contribution in [2.45, 2.75) is 51.3 Å². The summed E-state index contributed by atoms with van der Waals surface area (Å²) < 4.78 is 0. The number of amides is 1. The quantitative estimate of drug-likeness (QED) is 0.657. The summed E-state index contributed by atoms with van der Waals surface area (Å²) in [6, 6.07) is 0.342. The van der Waals surface area contributed by atoms with E-state index < -0.39 is 0 Å². The Kier molecular flexibility index (Phi) is 3.28. The lowest BCUT2D eigenvalue weighted by molar-refractivity contribution is -0.121. The van der Waals surface area contributed by atoms with Gasteiger partial charge in [0, 0.05) is 6.04 Å². The van der Waals surface area contributed by atoms with Crippen LogP contribution in [0.1, 0.15) is 40.0 Å². The Morgan fingerprint density at radius 3 is 2.62 bits per heavy atom. The molecule has 2 nitrogen and oxygen atoms in total. The first kappa shape index (κ1) is 10.9. The van der Waals surface area contributed by atoms with Gasteiger partial charge >= 0.3 is 0 Å². The first-order valence-electron chi connectivity index (χ1n) is 4.92. The van der Waals surface area contributed by atoms with E-state index in [-0.39, 0.29) is 16.6 Å². The molecule has 1 aliphatic carbocycles. The van der Waals surface area contributed by atoms with Gasteiger partial charge in [0.05, 0.1) is 5.25 Å². The molecule has 0 spiro atoms. The predicted octanol–water partition coefficient (Wildman–Crippen LogP) is 2.00. The third-order valence-corrected chi connectivity index (χ3v) is 3.19. The maximum absolute atomic E-state index is 11.4. The Morgan fingerprint density at radius 2 is 2.23 bits per heavy atom. The number of carbonyl (C=O) groups is 1. The Labute approximate surface area is 85.9 Å². The van der Waals surface area contributed by atoms with Crippen LogP contribution < -0.4 is 5.32 Å². The van der Waals surface area contributed by atoms with E-state index in [9.17, 15) is 4.79 Å². The highest BCUT2D eigenvalue weighted by molar-refractivity contribution is 7.81. The van der Waals surface area contributed by atoms with E-state index >= 15 is 0 Å². The molecule has 0 heterocycles. The van der Waals surface area contributed by atoms with Crippen molar-refractivity contribution in [2.24, 2.45) is 5.41 Å². The molecule has 0 aromatic heterocycles. The molecule has 0 aromatic carbocycles. The summed E-state index contributed by atoms with van der Waals surface area (Å²) in [5, 5.41) is 2.86. The van der Waals surface area contributed by atoms with Gasteiger partial charge in [0.15, 0.2) is 0 Å². The van der Waals surface area contributed by atoms with Crippen LogP contribution in [0.3, 0.4) is 0 Å². The van der Waals surface area contributed by atoms with Gasteiger partial charge in [-0.2, -0.15) is 12.6 Å². The van der Waals surface area contributed by atoms with Crippen molar-refractivity contribution in [2.75, 3.05) is 0 Å². The van der Waals surface area contributed by atoms with Gasteiger partial charge < -0.3 is 5.32 Å². The summed E-state index contributed by atoms with van der Waals surface area (Å²) in [6.45, 7) is 6.24. The molecule has 1 saturated carbocycles. The number of hydrogen-bond acceptors (Lipinski definition) is 2. The summed E-state index contributed by atoms with van der Waals surface area (Å²) in [4.78, 5) is 11.4. The van der Waals surface area contributed by atoms with Gasteiger partial charge in [0.25, 0.3) is 0 Å². The second-order valence-corrected chi connectivity index (χ2v) is 5.39. The van der Waals surface area contributed by atoms with Crippen molar-refractivity contribution >= 4 is 18.5 Å². The van der Waals surface area contributed by atoms with E-state index in [1.165, 1.54) is 12.8 Å². The fraction of sp³-hybridized carbons (Fsp3) is 0.900. The molecule has 1 amide bonds. The molecular weight excluding hydrogens is 182 g/mol. The normalized spacial score (nSPS) is 28.5. The molecule has 1 rings (SSSR count). The lowest BCUT2D eigenvalue weighted by Gasteiger charge is -2.28. The highest BCUT2D eigenvalue weighted by Gasteiger charge is 2.35. The van der Waals surface area contributed by atoms with Crippen LogP contribution in [-0.2, 0) is 4.79 Å². The number of thiol groups is 1. The fourth-order valence-corrected chi connectivity index (χ4v) is 1.96. The van der Waals surface area contributed by atoms with Gasteiger partial charge in [0.2, 0.25) is 5.91 Å². The molecule has 1 fully saturated rings. The van der Waals surface area contributed by atoms with Gasteiger partial charge in [-0.3, -0.25) is 4.79 Å². The topological polar surface area (TPSA) is 29.1 Å². The molecule has 0 aliphatic heterocycles. The van der Waals surface area contributed by atoms with Crippen LogP contribution in [0.2, 0.25) is 0 Å². The maximum atomic E-state index is 11.4. The number of hydrogen-bond donors (Lipinski definition) is 2. The predicted molar refractivity (Wildman–Crippen MR) is 58.0 cm³/mol. The van der Waals surface area contributed by atoms with Crippen LogP contribution >= 0.6 is 12.6 Å². The third kappa shape index (κ3) is 2.63. The summed E-state index contributed by atoms with van der Waals surface area (Å²) in [5.74, 6) is 0.0586. The van der Waals surface area contributed by atoms with E-state index in [1.54, 1.807) is 6.92 Å². The molecule has 1 aliphatic rings.